The maximum Gasteiger partial charge on any atom is 0.346 e. The van der Waals surface area contributed by atoms with Crippen LogP contribution in [0.25, 0.3) is 22.1 Å². The van der Waals surface area contributed by atoms with Crippen molar-refractivity contribution in [2.24, 2.45) is 0 Å². The number of rotatable bonds is 0. The fourth-order valence-electron chi connectivity index (χ4n) is 3.17. The molecule has 2 aromatic carbocycles. The van der Waals surface area contributed by atoms with Crippen LogP contribution in [0.5, 0.6) is 0 Å². The van der Waals surface area contributed by atoms with Crippen molar-refractivity contribution in [3.05, 3.63) is 64.0 Å². The van der Waals surface area contributed by atoms with Gasteiger partial charge in [0.2, 0.25) is 0 Å². The van der Waals surface area contributed by atoms with Gasteiger partial charge in [0, 0.05) is 19.0 Å². The second-order valence-corrected chi connectivity index (χ2v) is 5.63. The molecular formula is C18H15NO2. The summed E-state index contributed by atoms with van der Waals surface area (Å²) in [5, 5.41) is 1.00. The highest BCUT2D eigenvalue weighted by Gasteiger charge is 2.25. The minimum atomic E-state index is -0.264. The molecule has 2 heterocycles. The molecule has 0 aliphatic carbocycles. The monoisotopic (exact) mass is 277 g/mol. The summed E-state index contributed by atoms with van der Waals surface area (Å²) in [4.78, 5) is 14.6. The van der Waals surface area contributed by atoms with Crippen LogP contribution in [0, 0.1) is 6.92 Å². The Kier molecular flexibility index (Phi) is 2.45. The minimum absolute atomic E-state index is 0.264. The molecule has 0 amide bonds. The Bertz CT molecular complexity index is 924. The maximum atomic E-state index is 12.5. The molecule has 4 rings (SSSR count). The summed E-state index contributed by atoms with van der Waals surface area (Å²) in [7, 11) is 2.02. The van der Waals surface area contributed by atoms with Crippen molar-refractivity contribution < 1.29 is 4.42 Å². The summed E-state index contributed by atoms with van der Waals surface area (Å²) in [5.41, 5.74) is 5.34. The number of hydrogen-bond acceptors (Lipinski definition) is 3. The van der Waals surface area contributed by atoms with Gasteiger partial charge in [0.15, 0.2) is 0 Å². The van der Waals surface area contributed by atoms with Crippen molar-refractivity contribution in [2.45, 2.75) is 13.5 Å². The fourth-order valence-corrected chi connectivity index (χ4v) is 3.17. The Morgan fingerprint density at radius 2 is 1.95 bits per heavy atom. The van der Waals surface area contributed by atoms with Gasteiger partial charge in [-0.3, -0.25) is 0 Å². The summed E-state index contributed by atoms with van der Waals surface area (Å²) < 4.78 is 5.54. The van der Waals surface area contributed by atoms with Crippen LogP contribution in [0.4, 0.5) is 5.69 Å². The lowest BCUT2D eigenvalue weighted by Gasteiger charge is -2.29. The van der Waals surface area contributed by atoms with E-state index < -0.39 is 0 Å². The smallest absolute Gasteiger partial charge is 0.346 e. The van der Waals surface area contributed by atoms with Gasteiger partial charge in [-0.2, -0.15) is 0 Å². The highest BCUT2D eigenvalue weighted by atomic mass is 16.4. The zero-order valence-electron chi connectivity index (χ0n) is 12.0. The van der Waals surface area contributed by atoms with Crippen LogP contribution in [0.2, 0.25) is 0 Å². The van der Waals surface area contributed by atoms with Gasteiger partial charge in [-0.1, -0.05) is 35.9 Å². The van der Waals surface area contributed by atoms with E-state index in [1.54, 1.807) is 0 Å². The van der Waals surface area contributed by atoms with Gasteiger partial charge in [-0.05, 0) is 30.2 Å². The standard InChI is InChI=1S/C18H15NO2/c1-11-7-8-15-14(9-11)17-16(18(20)21-15)13-6-4-3-5-12(13)10-19(17)2/h3-9H,10H2,1-2H3. The van der Waals surface area contributed by atoms with E-state index in [2.05, 4.69) is 17.0 Å². The molecule has 0 atom stereocenters. The molecule has 3 aromatic rings. The quantitative estimate of drug-likeness (QED) is 0.587. The molecule has 0 fully saturated rings. The molecule has 0 spiro atoms. The molecule has 0 radical (unpaired) electrons. The molecule has 1 aromatic heterocycles. The van der Waals surface area contributed by atoms with E-state index in [4.69, 9.17) is 4.42 Å². The van der Waals surface area contributed by atoms with Crippen molar-refractivity contribution >= 4 is 16.7 Å². The van der Waals surface area contributed by atoms with Crippen LogP contribution in [-0.2, 0) is 6.54 Å². The van der Waals surface area contributed by atoms with Crippen molar-refractivity contribution in [3.63, 3.8) is 0 Å². The van der Waals surface area contributed by atoms with E-state index >= 15 is 0 Å². The topological polar surface area (TPSA) is 33.5 Å². The average molecular weight is 277 g/mol. The number of benzene rings is 2. The molecule has 0 unspecified atom stereocenters. The lowest BCUT2D eigenvalue weighted by molar-refractivity contribution is 0.562. The SMILES string of the molecule is Cc1ccc2oc(=O)c3c(c2c1)N(C)Cc1ccccc1-3. The number of aryl methyl sites for hydroxylation is 1. The Balaban J connectivity index is 2.20. The second-order valence-electron chi connectivity index (χ2n) is 5.63. The molecule has 1 aliphatic rings. The van der Waals surface area contributed by atoms with Crippen LogP contribution < -0.4 is 10.5 Å². The van der Waals surface area contributed by atoms with Crippen molar-refractivity contribution in [2.75, 3.05) is 11.9 Å². The molecular weight excluding hydrogens is 262 g/mol. The molecule has 3 nitrogen and oxygen atoms in total. The Labute approximate surface area is 122 Å². The fraction of sp³-hybridized carbons (Fsp3) is 0.167. The van der Waals surface area contributed by atoms with Gasteiger partial charge in [0.1, 0.15) is 5.58 Å². The van der Waals surface area contributed by atoms with Gasteiger partial charge in [-0.15, -0.1) is 0 Å². The molecule has 21 heavy (non-hydrogen) atoms. The molecule has 0 N–H and O–H groups in total. The molecule has 3 heteroatoms. The highest BCUT2D eigenvalue weighted by molar-refractivity contribution is 6.00. The average Bonchev–Trinajstić information content (AvgIpc) is 2.47. The molecule has 0 saturated heterocycles. The molecule has 1 aliphatic heterocycles. The maximum absolute atomic E-state index is 12.5. The lowest BCUT2D eigenvalue weighted by Crippen LogP contribution is -2.25. The first kappa shape index (κ1) is 12.2. The third-order valence-electron chi connectivity index (χ3n) is 4.11. The second kappa shape index (κ2) is 4.22. The molecule has 0 saturated carbocycles. The summed E-state index contributed by atoms with van der Waals surface area (Å²) in [6.45, 7) is 2.85. The van der Waals surface area contributed by atoms with Crippen molar-refractivity contribution in [3.8, 4) is 11.1 Å². The van der Waals surface area contributed by atoms with E-state index in [-0.39, 0.29) is 5.63 Å². The van der Waals surface area contributed by atoms with Gasteiger partial charge < -0.3 is 9.32 Å². The number of hydrogen-bond donors (Lipinski definition) is 0. The van der Waals surface area contributed by atoms with E-state index in [1.165, 1.54) is 0 Å². The predicted molar refractivity (Wildman–Crippen MR) is 84.8 cm³/mol. The van der Waals surface area contributed by atoms with Crippen molar-refractivity contribution in [1.29, 1.82) is 0 Å². The first-order valence-corrected chi connectivity index (χ1v) is 7.02. The van der Waals surface area contributed by atoms with E-state index in [1.807, 2.05) is 44.3 Å². The summed E-state index contributed by atoms with van der Waals surface area (Å²) >= 11 is 0. The largest absolute Gasteiger partial charge is 0.422 e. The number of anilines is 1. The van der Waals surface area contributed by atoms with Gasteiger partial charge in [-0.25, -0.2) is 4.79 Å². The van der Waals surface area contributed by atoms with Crippen LogP contribution in [0.1, 0.15) is 11.1 Å². The van der Waals surface area contributed by atoms with Crippen molar-refractivity contribution in [1.82, 2.24) is 0 Å². The van der Waals surface area contributed by atoms with Gasteiger partial charge in [0.25, 0.3) is 0 Å². The molecule has 0 bridgehead atoms. The lowest BCUT2D eigenvalue weighted by atomic mass is 9.93. The zero-order chi connectivity index (χ0) is 14.6. The van der Waals surface area contributed by atoms with E-state index in [0.29, 0.717) is 11.1 Å². The van der Waals surface area contributed by atoms with E-state index in [9.17, 15) is 4.79 Å². The Morgan fingerprint density at radius 1 is 1.14 bits per heavy atom. The van der Waals surface area contributed by atoms with Gasteiger partial charge >= 0.3 is 5.63 Å². The molecule has 104 valence electrons. The minimum Gasteiger partial charge on any atom is -0.422 e. The van der Waals surface area contributed by atoms with Crippen LogP contribution in [-0.4, -0.2) is 7.05 Å². The third kappa shape index (κ3) is 1.70. The first-order valence-electron chi connectivity index (χ1n) is 7.02. The highest BCUT2D eigenvalue weighted by Crippen LogP contribution is 2.40. The number of fused-ring (bicyclic) bond motifs is 5. The Hall–Kier alpha value is -2.55. The summed E-state index contributed by atoms with van der Waals surface area (Å²) in [6, 6.07) is 14.0. The first-order chi connectivity index (χ1) is 10.1. The predicted octanol–water partition coefficient (Wildman–Crippen LogP) is 3.72. The van der Waals surface area contributed by atoms with Crippen LogP contribution in [0.15, 0.2) is 51.7 Å². The third-order valence-corrected chi connectivity index (χ3v) is 4.11. The van der Waals surface area contributed by atoms with Gasteiger partial charge in [0.05, 0.1) is 11.3 Å². The zero-order valence-corrected chi connectivity index (χ0v) is 12.0. The van der Waals surface area contributed by atoms with E-state index in [0.717, 1.165) is 34.3 Å². The Morgan fingerprint density at radius 3 is 2.81 bits per heavy atom. The summed E-state index contributed by atoms with van der Waals surface area (Å²) in [6.07, 6.45) is 0. The van der Waals surface area contributed by atoms with Crippen LogP contribution in [0.3, 0.4) is 0 Å². The summed E-state index contributed by atoms with van der Waals surface area (Å²) in [5.74, 6) is 0. The normalized spacial score (nSPS) is 13.1. The van der Waals surface area contributed by atoms with Crippen LogP contribution >= 0.6 is 0 Å². The number of nitrogens with zero attached hydrogens (tertiary/aromatic N) is 1.